The highest BCUT2D eigenvalue weighted by molar-refractivity contribution is 9.09. The van der Waals surface area contributed by atoms with Gasteiger partial charge in [-0.1, -0.05) is 34.1 Å². The second-order valence-corrected chi connectivity index (χ2v) is 4.45. The molecule has 0 atom stereocenters. The topological polar surface area (TPSA) is 67.2 Å². The molecule has 0 amide bonds. The summed E-state index contributed by atoms with van der Waals surface area (Å²) in [5.74, 6) is -0.382. The standard InChI is InChI=1S/C14H14BrNO3/c1-2-19-14(18)7-11-5-3-4-10(13(11)9-16)6-12(17)8-15/h3-5H,2,6-8H2,1H3. The van der Waals surface area contributed by atoms with Crippen LogP contribution in [0.25, 0.3) is 0 Å². The maximum absolute atomic E-state index is 11.5. The maximum atomic E-state index is 11.5. The molecule has 0 fully saturated rings. The second kappa shape index (κ2) is 7.70. The Kier molecular flexibility index (Phi) is 6.23. The van der Waals surface area contributed by atoms with Crippen LogP contribution in [0.5, 0.6) is 0 Å². The van der Waals surface area contributed by atoms with Crippen molar-refractivity contribution in [3.8, 4) is 6.07 Å². The highest BCUT2D eigenvalue weighted by Crippen LogP contribution is 2.16. The Bertz CT molecular complexity index is 520. The average Bonchev–Trinajstić information content (AvgIpc) is 2.39. The SMILES string of the molecule is CCOC(=O)Cc1cccc(CC(=O)CBr)c1C#N. The number of Topliss-reactive ketones (excluding diaryl/α,β-unsaturated/α-hetero) is 1. The van der Waals surface area contributed by atoms with E-state index in [1.54, 1.807) is 25.1 Å². The maximum Gasteiger partial charge on any atom is 0.310 e. The summed E-state index contributed by atoms with van der Waals surface area (Å²) in [5, 5.41) is 9.45. The first kappa shape index (κ1) is 15.4. The zero-order valence-corrected chi connectivity index (χ0v) is 12.2. The summed E-state index contributed by atoms with van der Waals surface area (Å²) in [6.45, 7) is 2.04. The summed E-state index contributed by atoms with van der Waals surface area (Å²) >= 11 is 3.09. The molecule has 0 N–H and O–H groups in total. The number of halogens is 1. The summed E-state index contributed by atoms with van der Waals surface area (Å²) in [6.07, 6.45) is 0.234. The first-order chi connectivity index (χ1) is 9.12. The van der Waals surface area contributed by atoms with Crippen LogP contribution in [0.3, 0.4) is 0 Å². The number of rotatable bonds is 6. The number of carbonyl (C=O) groups is 2. The van der Waals surface area contributed by atoms with E-state index in [-0.39, 0.29) is 29.9 Å². The van der Waals surface area contributed by atoms with Gasteiger partial charge in [-0.2, -0.15) is 5.26 Å². The lowest BCUT2D eigenvalue weighted by molar-refractivity contribution is -0.142. The van der Waals surface area contributed by atoms with Gasteiger partial charge in [-0.05, 0) is 18.1 Å². The summed E-state index contributed by atoms with van der Waals surface area (Å²) < 4.78 is 4.86. The third-order valence-corrected chi connectivity index (χ3v) is 3.15. The van der Waals surface area contributed by atoms with E-state index < -0.39 is 0 Å². The molecule has 0 spiro atoms. The van der Waals surface area contributed by atoms with E-state index in [0.717, 1.165) is 0 Å². The summed E-state index contributed by atoms with van der Waals surface area (Å²) in [4.78, 5) is 22.9. The number of benzene rings is 1. The van der Waals surface area contributed by atoms with E-state index in [1.165, 1.54) is 0 Å². The summed E-state index contributed by atoms with van der Waals surface area (Å²) in [5.41, 5.74) is 1.64. The molecule has 1 aromatic carbocycles. The van der Waals surface area contributed by atoms with Crippen molar-refractivity contribution in [2.45, 2.75) is 19.8 Å². The van der Waals surface area contributed by atoms with Crippen LogP contribution < -0.4 is 0 Å². The molecule has 19 heavy (non-hydrogen) atoms. The molecule has 1 rings (SSSR count). The lowest BCUT2D eigenvalue weighted by Crippen LogP contribution is -2.11. The van der Waals surface area contributed by atoms with Gasteiger partial charge < -0.3 is 4.74 Å². The predicted molar refractivity (Wildman–Crippen MR) is 74.0 cm³/mol. The van der Waals surface area contributed by atoms with Crippen molar-refractivity contribution < 1.29 is 14.3 Å². The minimum Gasteiger partial charge on any atom is -0.466 e. The van der Waals surface area contributed by atoms with Crippen molar-refractivity contribution >= 4 is 27.7 Å². The van der Waals surface area contributed by atoms with E-state index in [0.29, 0.717) is 23.3 Å². The number of alkyl halides is 1. The van der Waals surface area contributed by atoms with Crippen LogP contribution in [0.2, 0.25) is 0 Å². The summed E-state index contributed by atoms with van der Waals surface area (Å²) in [7, 11) is 0. The van der Waals surface area contributed by atoms with E-state index in [9.17, 15) is 14.9 Å². The fourth-order valence-corrected chi connectivity index (χ4v) is 1.92. The minimum atomic E-state index is -0.372. The van der Waals surface area contributed by atoms with Gasteiger partial charge in [-0.25, -0.2) is 0 Å². The second-order valence-electron chi connectivity index (χ2n) is 3.89. The highest BCUT2D eigenvalue weighted by atomic mass is 79.9. The van der Waals surface area contributed by atoms with Crippen molar-refractivity contribution in [1.82, 2.24) is 0 Å². The van der Waals surface area contributed by atoms with Crippen LogP contribution in [0.15, 0.2) is 18.2 Å². The molecular formula is C14H14BrNO3. The molecule has 0 heterocycles. The van der Waals surface area contributed by atoms with Crippen LogP contribution in [0.1, 0.15) is 23.6 Å². The quantitative estimate of drug-likeness (QED) is 0.594. The number of ether oxygens (including phenoxy) is 1. The Morgan fingerprint density at radius 1 is 1.32 bits per heavy atom. The molecule has 1 aromatic rings. The van der Waals surface area contributed by atoms with Gasteiger partial charge in [0.2, 0.25) is 0 Å². The van der Waals surface area contributed by atoms with Gasteiger partial charge in [0.1, 0.15) is 5.78 Å². The molecule has 0 aromatic heterocycles. The van der Waals surface area contributed by atoms with Crippen LogP contribution in [0.4, 0.5) is 0 Å². The number of carbonyl (C=O) groups excluding carboxylic acids is 2. The Hall–Kier alpha value is -1.67. The van der Waals surface area contributed by atoms with Crippen LogP contribution in [0, 0.1) is 11.3 Å². The van der Waals surface area contributed by atoms with Crippen molar-refractivity contribution in [1.29, 1.82) is 5.26 Å². The van der Waals surface area contributed by atoms with Crippen LogP contribution in [-0.4, -0.2) is 23.7 Å². The van der Waals surface area contributed by atoms with Crippen molar-refractivity contribution in [3.05, 3.63) is 34.9 Å². The molecule has 0 saturated heterocycles. The fourth-order valence-electron chi connectivity index (χ4n) is 1.72. The molecule has 0 radical (unpaired) electrons. The number of ketones is 1. The molecule has 0 aliphatic rings. The van der Waals surface area contributed by atoms with Crippen molar-refractivity contribution in [2.24, 2.45) is 0 Å². The summed E-state index contributed by atoms with van der Waals surface area (Å²) in [6, 6.07) is 7.24. The molecular weight excluding hydrogens is 310 g/mol. The highest BCUT2D eigenvalue weighted by Gasteiger charge is 2.14. The third-order valence-electron chi connectivity index (χ3n) is 2.53. The van der Waals surface area contributed by atoms with Gasteiger partial charge in [-0.15, -0.1) is 0 Å². The lowest BCUT2D eigenvalue weighted by Gasteiger charge is -2.08. The molecule has 0 unspecified atom stereocenters. The largest absolute Gasteiger partial charge is 0.466 e. The monoisotopic (exact) mass is 323 g/mol. The Labute approximate surface area is 120 Å². The number of nitriles is 1. The van der Waals surface area contributed by atoms with E-state index in [1.807, 2.05) is 0 Å². The zero-order chi connectivity index (χ0) is 14.3. The molecule has 4 nitrogen and oxygen atoms in total. The molecule has 100 valence electrons. The average molecular weight is 324 g/mol. The fraction of sp³-hybridized carbons (Fsp3) is 0.357. The predicted octanol–water partition coefficient (Wildman–Crippen LogP) is 2.17. The first-order valence-electron chi connectivity index (χ1n) is 5.86. The van der Waals surface area contributed by atoms with Gasteiger partial charge in [0.25, 0.3) is 0 Å². The van der Waals surface area contributed by atoms with E-state index >= 15 is 0 Å². The van der Waals surface area contributed by atoms with Gasteiger partial charge >= 0.3 is 5.97 Å². The zero-order valence-electron chi connectivity index (χ0n) is 10.6. The molecule has 0 bridgehead atoms. The third kappa shape index (κ3) is 4.49. The Morgan fingerprint density at radius 2 is 1.95 bits per heavy atom. The molecule has 0 aliphatic carbocycles. The Morgan fingerprint density at radius 3 is 2.47 bits per heavy atom. The molecule has 0 saturated carbocycles. The van der Waals surface area contributed by atoms with Crippen molar-refractivity contribution in [2.75, 3.05) is 11.9 Å². The molecule has 0 aliphatic heterocycles. The number of esters is 1. The van der Waals surface area contributed by atoms with Crippen LogP contribution >= 0.6 is 15.9 Å². The smallest absolute Gasteiger partial charge is 0.310 e. The number of hydrogen-bond acceptors (Lipinski definition) is 4. The minimum absolute atomic E-state index is 0.00946. The number of hydrogen-bond donors (Lipinski definition) is 0. The van der Waals surface area contributed by atoms with E-state index in [4.69, 9.17) is 4.74 Å². The normalized spacial score (nSPS) is 9.74. The van der Waals surface area contributed by atoms with Gasteiger partial charge in [0.05, 0.1) is 30.0 Å². The Balaban J connectivity index is 3.00. The van der Waals surface area contributed by atoms with Crippen molar-refractivity contribution in [3.63, 3.8) is 0 Å². The number of nitrogens with zero attached hydrogens (tertiary/aromatic N) is 1. The van der Waals surface area contributed by atoms with Gasteiger partial charge in [0, 0.05) is 6.42 Å². The van der Waals surface area contributed by atoms with Gasteiger partial charge in [-0.3, -0.25) is 9.59 Å². The lowest BCUT2D eigenvalue weighted by atomic mass is 9.97. The molecule has 5 heteroatoms. The van der Waals surface area contributed by atoms with E-state index in [2.05, 4.69) is 22.0 Å². The van der Waals surface area contributed by atoms with Crippen LogP contribution in [-0.2, 0) is 27.2 Å². The first-order valence-corrected chi connectivity index (χ1v) is 6.98. The van der Waals surface area contributed by atoms with Gasteiger partial charge in [0.15, 0.2) is 0 Å².